The molecule has 3 rings (SSSR count). The van der Waals surface area contributed by atoms with E-state index in [0.717, 1.165) is 3.97 Å². The van der Waals surface area contributed by atoms with Gasteiger partial charge in [-0.2, -0.15) is 5.26 Å². The highest BCUT2D eigenvalue weighted by atomic mass is 32.2. The van der Waals surface area contributed by atoms with Gasteiger partial charge < -0.3 is 0 Å². The van der Waals surface area contributed by atoms with Crippen LogP contribution in [0.15, 0.2) is 53.7 Å². The van der Waals surface area contributed by atoms with Gasteiger partial charge in [0.2, 0.25) is 0 Å². The molecule has 7 heteroatoms. The Morgan fingerprint density at radius 3 is 2.62 bits per heavy atom. The lowest BCUT2D eigenvalue weighted by molar-refractivity contribution is 0.588. The lowest BCUT2D eigenvalue weighted by Gasteiger charge is -2.06. The molecule has 0 saturated carbocycles. The Labute approximate surface area is 122 Å². The van der Waals surface area contributed by atoms with Crippen molar-refractivity contribution in [3.8, 4) is 6.07 Å². The predicted octanol–water partition coefficient (Wildman–Crippen LogP) is 0.939. The molecule has 0 amide bonds. The van der Waals surface area contributed by atoms with Gasteiger partial charge in [0.05, 0.1) is 10.5 Å². The number of nitrogens with zero attached hydrogens (tertiary/aromatic N) is 3. The van der Waals surface area contributed by atoms with Gasteiger partial charge in [0, 0.05) is 17.8 Å². The van der Waals surface area contributed by atoms with Crippen molar-refractivity contribution in [3.05, 3.63) is 54.4 Å². The third kappa shape index (κ3) is 2.10. The number of benzene rings is 1. The van der Waals surface area contributed by atoms with E-state index in [9.17, 15) is 8.42 Å². The number of pyridine rings is 1. The van der Waals surface area contributed by atoms with E-state index in [1.165, 1.54) is 30.6 Å². The summed E-state index contributed by atoms with van der Waals surface area (Å²) in [4.78, 5) is 4.18. The molecule has 2 radical (unpaired) electrons. The molecular formula is C14H8BN3O2S. The second-order valence-corrected chi connectivity index (χ2v) is 6.22. The van der Waals surface area contributed by atoms with Crippen molar-refractivity contribution in [1.29, 1.82) is 5.26 Å². The van der Waals surface area contributed by atoms with E-state index in [1.54, 1.807) is 18.2 Å². The molecule has 0 aliphatic rings. The zero-order chi connectivity index (χ0) is 15.0. The standard InChI is InChI=1S/C14H8BN3O2S/c15-11-6-13-10(7-16)9-18(14(13)17-8-11)21(19,20)12-4-2-1-3-5-12/h1-6,8-9H. The molecule has 0 spiro atoms. The first-order valence-electron chi connectivity index (χ1n) is 6.01. The van der Waals surface area contributed by atoms with Crippen molar-refractivity contribution in [2.45, 2.75) is 4.90 Å². The third-order valence-electron chi connectivity index (χ3n) is 3.05. The number of aromatic nitrogens is 2. The lowest BCUT2D eigenvalue weighted by atomic mass is 9.97. The van der Waals surface area contributed by atoms with Crippen LogP contribution in [0.4, 0.5) is 0 Å². The summed E-state index contributed by atoms with van der Waals surface area (Å²) in [6.45, 7) is 0. The highest BCUT2D eigenvalue weighted by Crippen LogP contribution is 2.23. The van der Waals surface area contributed by atoms with Crippen LogP contribution in [0.2, 0.25) is 0 Å². The first kappa shape index (κ1) is 13.4. The Balaban J connectivity index is 2.34. The second-order valence-electron chi connectivity index (χ2n) is 4.41. The van der Waals surface area contributed by atoms with Crippen molar-refractivity contribution in [2.24, 2.45) is 0 Å². The van der Waals surface area contributed by atoms with E-state index in [2.05, 4.69) is 4.98 Å². The van der Waals surface area contributed by atoms with Crippen LogP contribution < -0.4 is 5.46 Å². The molecule has 100 valence electrons. The Morgan fingerprint density at radius 2 is 1.95 bits per heavy atom. The second kappa shape index (κ2) is 4.75. The average molecular weight is 293 g/mol. The SMILES string of the molecule is [B]c1cnc2c(c1)c(C#N)cn2S(=O)(=O)c1ccccc1. The summed E-state index contributed by atoms with van der Waals surface area (Å²) in [5.41, 5.74) is 0.766. The summed E-state index contributed by atoms with van der Waals surface area (Å²) >= 11 is 0. The molecule has 0 aliphatic heterocycles. The number of rotatable bonds is 2. The quantitative estimate of drug-likeness (QED) is 0.659. The fraction of sp³-hybridized carbons (Fsp3) is 0. The molecule has 3 aromatic rings. The van der Waals surface area contributed by atoms with Gasteiger partial charge in [-0.25, -0.2) is 17.4 Å². The average Bonchev–Trinajstić information content (AvgIpc) is 2.86. The summed E-state index contributed by atoms with van der Waals surface area (Å²) < 4.78 is 26.3. The van der Waals surface area contributed by atoms with Gasteiger partial charge in [0.25, 0.3) is 10.0 Å². The maximum Gasteiger partial charge on any atom is 0.269 e. The Morgan fingerprint density at radius 1 is 1.24 bits per heavy atom. The van der Waals surface area contributed by atoms with Crippen LogP contribution >= 0.6 is 0 Å². The van der Waals surface area contributed by atoms with Crippen LogP contribution in [0.3, 0.4) is 0 Å². The van der Waals surface area contributed by atoms with Gasteiger partial charge in [-0.15, -0.1) is 0 Å². The van der Waals surface area contributed by atoms with Gasteiger partial charge in [-0.05, 0) is 12.1 Å². The molecule has 2 heterocycles. The molecule has 0 atom stereocenters. The highest BCUT2D eigenvalue weighted by molar-refractivity contribution is 7.90. The monoisotopic (exact) mass is 293 g/mol. The molecule has 21 heavy (non-hydrogen) atoms. The summed E-state index contributed by atoms with van der Waals surface area (Å²) in [7, 11) is 1.84. The van der Waals surface area contributed by atoms with Crippen molar-refractivity contribution in [1.82, 2.24) is 8.96 Å². The van der Waals surface area contributed by atoms with Gasteiger partial charge in [0.1, 0.15) is 13.9 Å². The first-order chi connectivity index (χ1) is 10.0. The Hall–Kier alpha value is -2.59. The number of nitriles is 1. The van der Waals surface area contributed by atoms with E-state index in [1.807, 2.05) is 6.07 Å². The molecule has 0 fully saturated rings. The van der Waals surface area contributed by atoms with Gasteiger partial charge in [-0.1, -0.05) is 29.7 Å². The molecule has 0 aliphatic carbocycles. The van der Waals surface area contributed by atoms with Crippen LogP contribution in [0.1, 0.15) is 5.56 Å². The maximum atomic E-state index is 12.6. The lowest BCUT2D eigenvalue weighted by Crippen LogP contribution is -2.13. The van der Waals surface area contributed by atoms with Crippen molar-refractivity contribution in [2.75, 3.05) is 0 Å². The Kier molecular flexibility index (Phi) is 3.03. The van der Waals surface area contributed by atoms with Gasteiger partial charge in [0.15, 0.2) is 5.65 Å². The minimum Gasteiger partial charge on any atom is -0.238 e. The van der Waals surface area contributed by atoms with E-state index >= 15 is 0 Å². The van der Waals surface area contributed by atoms with Crippen molar-refractivity contribution >= 4 is 34.4 Å². The maximum absolute atomic E-state index is 12.6. The molecule has 5 nitrogen and oxygen atoms in total. The largest absolute Gasteiger partial charge is 0.269 e. The third-order valence-corrected chi connectivity index (χ3v) is 4.72. The zero-order valence-corrected chi connectivity index (χ0v) is 11.6. The van der Waals surface area contributed by atoms with Crippen molar-refractivity contribution in [3.63, 3.8) is 0 Å². The van der Waals surface area contributed by atoms with Crippen LogP contribution in [-0.2, 0) is 10.0 Å². The van der Waals surface area contributed by atoms with E-state index < -0.39 is 10.0 Å². The minimum absolute atomic E-state index is 0.130. The van der Waals surface area contributed by atoms with Crippen LogP contribution in [0.5, 0.6) is 0 Å². The molecule has 2 aromatic heterocycles. The van der Waals surface area contributed by atoms with E-state index in [0.29, 0.717) is 10.8 Å². The molecule has 1 aromatic carbocycles. The number of hydrogen-bond acceptors (Lipinski definition) is 4. The van der Waals surface area contributed by atoms with E-state index in [-0.39, 0.29) is 16.1 Å². The minimum atomic E-state index is -3.81. The topological polar surface area (TPSA) is 75.8 Å². The summed E-state index contributed by atoms with van der Waals surface area (Å²) in [6, 6.07) is 11.5. The first-order valence-corrected chi connectivity index (χ1v) is 7.45. The fourth-order valence-electron chi connectivity index (χ4n) is 2.07. The highest BCUT2D eigenvalue weighted by Gasteiger charge is 2.21. The molecular weight excluding hydrogens is 285 g/mol. The van der Waals surface area contributed by atoms with E-state index in [4.69, 9.17) is 13.1 Å². The van der Waals surface area contributed by atoms with Crippen LogP contribution in [0.25, 0.3) is 11.0 Å². The van der Waals surface area contributed by atoms with Gasteiger partial charge >= 0.3 is 0 Å². The zero-order valence-electron chi connectivity index (χ0n) is 10.8. The van der Waals surface area contributed by atoms with Crippen molar-refractivity contribution < 1.29 is 8.42 Å². The Bertz CT molecular complexity index is 973. The number of fused-ring (bicyclic) bond motifs is 1. The smallest absolute Gasteiger partial charge is 0.238 e. The number of hydrogen-bond donors (Lipinski definition) is 0. The fourth-order valence-corrected chi connectivity index (χ4v) is 3.42. The summed E-state index contributed by atoms with van der Waals surface area (Å²) in [5.74, 6) is 0. The van der Waals surface area contributed by atoms with Crippen LogP contribution in [0, 0.1) is 11.3 Å². The molecule has 0 saturated heterocycles. The summed E-state index contributed by atoms with van der Waals surface area (Å²) in [5, 5.41) is 9.56. The van der Waals surface area contributed by atoms with Gasteiger partial charge in [-0.3, -0.25) is 0 Å². The predicted molar refractivity (Wildman–Crippen MR) is 78.9 cm³/mol. The normalized spacial score (nSPS) is 11.4. The molecule has 0 bridgehead atoms. The molecule has 0 N–H and O–H groups in total. The summed E-state index contributed by atoms with van der Waals surface area (Å²) in [6.07, 6.45) is 2.62. The molecule has 0 unspecified atom stereocenters. The van der Waals surface area contributed by atoms with Crippen LogP contribution in [-0.4, -0.2) is 25.2 Å².